The van der Waals surface area contributed by atoms with Crippen LogP contribution in [0.1, 0.15) is 39.0 Å². The number of hydrogen-bond acceptors (Lipinski definition) is 2. The average molecular weight is 297 g/mol. The van der Waals surface area contributed by atoms with Crippen molar-refractivity contribution in [3.8, 4) is 0 Å². The van der Waals surface area contributed by atoms with Crippen LogP contribution in [0.25, 0.3) is 0 Å². The molecule has 0 aromatic carbocycles. The van der Waals surface area contributed by atoms with Crippen molar-refractivity contribution in [2.75, 3.05) is 18.0 Å². The highest BCUT2D eigenvalue weighted by Gasteiger charge is 2.17. The zero-order valence-corrected chi connectivity index (χ0v) is 12.1. The Morgan fingerprint density at radius 1 is 1.41 bits per heavy atom. The number of pyridine rings is 1. The van der Waals surface area contributed by atoms with E-state index in [1.54, 1.807) is 0 Å². The molecule has 1 aromatic heterocycles. The molecule has 0 aliphatic carbocycles. The van der Waals surface area contributed by atoms with Crippen molar-refractivity contribution in [1.82, 2.24) is 4.98 Å². The molecule has 2 rings (SSSR count). The third-order valence-corrected chi connectivity index (χ3v) is 4.25. The van der Waals surface area contributed by atoms with E-state index in [1.807, 2.05) is 12.4 Å². The summed E-state index contributed by atoms with van der Waals surface area (Å²) in [7, 11) is 0. The van der Waals surface area contributed by atoms with E-state index in [4.69, 9.17) is 0 Å². The predicted molar refractivity (Wildman–Crippen MR) is 76.4 cm³/mol. The van der Waals surface area contributed by atoms with Crippen molar-refractivity contribution in [3.63, 3.8) is 0 Å². The molecule has 94 valence electrons. The summed E-state index contributed by atoms with van der Waals surface area (Å²) in [6.07, 6.45) is 10.5. The SMILES string of the molecule is CCCC1CCCN(c2ccncc2Br)CC1. The maximum absolute atomic E-state index is 4.13. The lowest BCUT2D eigenvalue weighted by Crippen LogP contribution is -2.24. The lowest BCUT2D eigenvalue weighted by atomic mass is 9.96. The van der Waals surface area contributed by atoms with E-state index in [1.165, 1.54) is 50.9 Å². The average Bonchev–Trinajstić information content (AvgIpc) is 2.56. The molecule has 1 atom stereocenters. The molecule has 2 nitrogen and oxygen atoms in total. The Bertz CT molecular complexity index is 354. The van der Waals surface area contributed by atoms with Crippen molar-refractivity contribution in [2.45, 2.75) is 39.0 Å². The van der Waals surface area contributed by atoms with Gasteiger partial charge in [-0.3, -0.25) is 4.98 Å². The third kappa shape index (κ3) is 3.44. The fourth-order valence-electron chi connectivity index (χ4n) is 2.73. The Labute approximate surface area is 113 Å². The first-order chi connectivity index (χ1) is 8.31. The minimum Gasteiger partial charge on any atom is -0.371 e. The van der Waals surface area contributed by atoms with Gasteiger partial charge >= 0.3 is 0 Å². The van der Waals surface area contributed by atoms with E-state index >= 15 is 0 Å². The van der Waals surface area contributed by atoms with Crippen LogP contribution in [0.15, 0.2) is 22.9 Å². The molecule has 1 aliphatic heterocycles. The van der Waals surface area contributed by atoms with Crippen LogP contribution in [0, 0.1) is 5.92 Å². The quantitative estimate of drug-likeness (QED) is 0.829. The van der Waals surface area contributed by atoms with Gasteiger partial charge in [-0.2, -0.15) is 0 Å². The fourth-order valence-corrected chi connectivity index (χ4v) is 3.23. The molecule has 0 radical (unpaired) electrons. The number of rotatable bonds is 3. The van der Waals surface area contributed by atoms with Gasteiger partial charge in [0.15, 0.2) is 0 Å². The van der Waals surface area contributed by atoms with Gasteiger partial charge in [-0.15, -0.1) is 0 Å². The summed E-state index contributed by atoms with van der Waals surface area (Å²) in [6.45, 7) is 4.66. The van der Waals surface area contributed by atoms with Gasteiger partial charge in [0.2, 0.25) is 0 Å². The summed E-state index contributed by atoms with van der Waals surface area (Å²) in [5, 5.41) is 0. The van der Waals surface area contributed by atoms with E-state index in [-0.39, 0.29) is 0 Å². The summed E-state index contributed by atoms with van der Waals surface area (Å²) in [6, 6.07) is 2.12. The smallest absolute Gasteiger partial charge is 0.0592 e. The summed E-state index contributed by atoms with van der Waals surface area (Å²) in [5.74, 6) is 0.936. The molecular weight excluding hydrogens is 276 g/mol. The van der Waals surface area contributed by atoms with Crippen LogP contribution in [-0.4, -0.2) is 18.1 Å². The third-order valence-electron chi connectivity index (χ3n) is 3.64. The largest absolute Gasteiger partial charge is 0.371 e. The summed E-state index contributed by atoms with van der Waals surface area (Å²) in [5.41, 5.74) is 1.30. The normalized spacial score (nSPS) is 21.3. The van der Waals surface area contributed by atoms with Crippen LogP contribution >= 0.6 is 15.9 Å². The molecule has 0 saturated carbocycles. The highest BCUT2D eigenvalue weighted by atomic mass is 79.9. The molecular formula is C14H21BrN2. The van der Waals surface area contributed by atoms with Crippen molar-refractivity contribution in [3.05, 3.63) is 22.9 Å². The van der Waals surface area contributed by atoms with Crippen LogP contribution in [0.5, 0.6) is 0 Å². The Morgan fingerprint density at radius 3 is 3.06 bits per heavy atom. The molecule has 0 spiro atoms. The number of halogens is 1. The first-order valence-corrected chi connectivity index (χ1v) is 7.45. The van der Waals surface area contributed by atoms with Crippen LogP contribution in [0.3, 0.4) is 0 Å². The van der Waals surface area contributed by atoms with Crippen LogP contribution < -0.4 is 4.90 Å². The van der Waals surface area contributed by atoms with Gasteiger partial charge < -0.3 is 4.90 Å². The van der Waals surface area contributed by atoms with E-state index in [2.05, 4.69) is 38.8 Å². The van der Waals surface area contributed by atoms with Crippen LogP contribution in [0.4, 0.5) is 5.69 Å². The fraction of sp³-hybridized carbons (Fsp3) is 0.643. The van der Waals surface area contributed by atoms with Gasteiger partial charge in [-0.25, -0.2) is 0 Å². The molecule has 2 heterocycles. The second-order valence-corrected chi connectivity index (χ2v) is 5.75. The standard InChI is InChI=1S/C14H21BrN2/c1-2-4-12-5-3-9-17(10-7-12)14-6-8-16-11-13(14)15/h6,8,11-12H,2-5,7,9-10H2,1H3. The van der Waals surface area contributed by atoms with Crippen LogP contribution in [0.2, 0.25) is 0 Å². The maximum Gasteiger partial charge on any atom is 0.0592 e. The summed E-state index contributed by atoms with van der Waals surface area (Å²) >= 11 is 3.60. The second kappa shape index (κ2) is 6.39. The lowest BCUT2D eigenvalue weighted by molar-refractivity contribution is 0.435. The first kappa shape index (κ1) is 12.9. The Balaban J connectivity index is 2.01. The van der Waals surface area contributed by atoms with Crippen molar-refractivity contribution in [1.29, 1.82) is 0 Å². The maximum atomic E-state index is 4.13. The number of anilines is 1. The van der Waals surface area contributed by atoms with Gasteiger partial charge in [0, 0.05) is 25.5 Å². The lowest BCUT2D eigenvalue weighted by Gasteiger charge is -2.23. The number of nitrogens with zero attached hydrogens (tertiary/aromatic N) is 2. The van der Waals surface area contributed by atoms with Gasteiger partial charge in [0.1, 0.15) is 0 Å². The molecule has 0 bridgehead atoms. The Morgan fingerprint density at radius 2 is 2.29 bits per heavy atom. The highest BCUT2D eigenvalue weighted by Crippen LogP contribution is 2.29. The van der Waals surface area contributed by atoms with E-state index in [0.717, 1.165) is 10.4 Å². The molecule has 1 saturated heterocycles. The second-order valence-electron chi connectivity index (χ2n) is 4.90. The molecule has 17 heavy (non-hydrogen) atoms. The molecule has 1 unspecified atom stereocenters. The summed E-state index contributed by atoms with van der Waals surface area (Å²) < 4.78 is 1.12. The van der Waals surface area contributed by atoms with E-state index in [0.29, 0.717) is 0 Å². The van der Waals surface area contributed by atoms with E-state index < -0.39 is 0 Å². The van der Waals surface area contributed by atoms with Crippen molar-refractivity contribution in [2.24, 2.45) is 5.92 Å². The van der Waals surface area contributed by atoms with Gasteiger partial charge in [-0.1, -0.05) is 19.8 Å². The molecule has 0 N–H and O–H groups in total. The minimum atomic E-state index is 0.936. The van der Waals surface area contributed by atoms with Crippen LogP contribution in [-0.2, 0) is 0 Å². The van der Waals surface area contributed by atoms with E-state index in [9.17, 15) is 0 Å². The van der Waals surface area contributed by atoms with Crippen molar-refractivity contribution >= 4 is 21.6 Å². The zero-order valence-electron chi connectivity index (χ0n) is 10.5. The number of hydrogen-bond donors (Lipinski definition) is 0. The zero-order chi connectivity index (χ0) is 12.1. The topological polar surface area (TPSA) is 16.1 Å². The monoisotopic (exact) mass is 296 g/mol. The summed E-state index contributed by atoms with van der Waals surface area (Å²) in [4.78, 5) is 6.64. The highest BCUT2D eigenvalue weighted by molar-refractivity contribution is 9.10. The molecule has 1 aliphatic rings. The predicted octanol–water partition coefficient (Wildman–Crippen LogP) is 4.25. The molecule has 3 heteroatoms. The Hall–Kier alpha value is -0.570. The number of aromatic nitrogens is 1. The van der Waals surface area contributed by atoms with Gasteiger partial charge in [0.05, 0.1) is 10.2 Å². The molecule has 1 fully saturated rings. The van der Waals surface area contributed by atoms with Crippen molar-refractivity contribution < 1.29 is 0 Å². The van der Waals surface area contributed by atoms with Gasteiger partial charge in [-0.05, 0) is 47.2 Å². The minimum absolute atomic E-state index is 0.936. The van der Waals surface area contributed by atoms with Gasteiger partial charge in [0.25, 0.3) is 0 Å². The molecule has 1 aromatic rings. The first-order valence-electron chi connectivity index (χ1n) is 6.65. The molecule has 0 amide bonds. The Kier molecular flexibility index (Phi) is 4.84.